The lowest BCUT2D eigenvalue weighted by atomic mass is 9.76. The number of hydrogen-bond donors (Lipinski definition) is 0. The van der Waals surface area contributed by atoms with Crippen molar-refractivity contribution in [2.75, 3.05) is 0 Å². The van der Waals surface area contributed by atoms with Crippen LogP contribution < -0.4 is 0 Å². The van der Waals surface area contributed by atoms with E-state index in [4.69, 9.17) is 9.47 Å². The van der Waals surface area contributed by atoms with Crippen molar-refractivity contribution in [2.24, 2.45) is 35.5 Å². The van der Waals surface area contributed by atoms with Gasteiger partial charge in [0.25, 0.3) is 0 Å². The van der Waals surface area contributed by atoms with Gasteiger partial charge < -0.3 is 9.47 Å². The van der Waals surface area contributed by atoms with Crippen LogP contribution in [0.5, 0.6) is 0 Å². The maximum Gasteiger partial charge on any atom is 0.309 e. The lowest BCUT2D eigenvalue weighted by Gasteiger charge is -2.36. The molecule has 2 aliphatic rings. The maximum absolute atomic E-state index is 13.6. The summed E-state index contributed by atoms with van der Waals surface area (Å²) in [4.78, 5) is 13.6. The number of benzene rings is 2. The molecule has 0 N–H and O–H groups in total. The van der Waals surface area contributed by atoms with Crippen molar-refractivity contribution < 1.29 is 14.3 Å². The predicted molar refractivity (Wildman–Crippen MR) is 155 cm³/mol. The highest BCUT2D eigenvalue weighted by Crippen LogP contribution is 2.43. The molecule has 0 radical (unpaired) electrons. The molecule has 2 fully saturated rings. The molecule has 0 spiro atoms. The zero-order valence-electron chi connectivity index (χ0n) is 24.0. The molecule has 0 amide bonds. The van der Waals surface area contributed by atoms with Gasteiger partial charge >= 0.3 is 5.97 Å². The molecule has 3 heteroatoms. The van der Waals surface area contributed by atoms with Gasteiger partial charge in [0.2, 0.25) is 0 Å². The summed E-state index contributed by atoms with van der Waals surface area (Å²) in [6.07, 6.45) is 7.70. The van der Waals surface area contributed by atoms with Crippen LogP contribution in [0, 0.1) is 35.5 Å². The van der Waals surface area contributed by atoms with Crippen LogP contribution in [-0.2, 0) is 14.3 Å². The van der Waals surface area contributed by atoms with Crippen LogP contribution in [0.4, 0.5) is 0 Å². The quantitative estimate of drug-likeness (QED) is 0.233. The minimum atomic E-state index is -0.530. The Morgan fingerprint density at radius 1 is 0.632 bits per heavy atom. The van der Waals surface area contributed by atoms with Gasteiger partial charge in [0.1, 0.15) is 0 Å². The smallest absolute Gasteiger partial charge is 0.309 e. The Morgan fingerprint density at radius 2 is 1.03 bits per heavy atom. The summed E-state index contributed by atoms with van der Waals surface area (Å²) in [6.45, 7) is 13.7. The van der Waals surface area contributed by atoms with E-state index in [1.165, 1.54) is 12.8 Å². The average molecular weight is 517 g/mol. The minimum Gasteiger partial charge on any atom is -0.486 e. The Kier molecular flexibility index (Phi) is 10.1. The van der Waals surface area contributed by atoms with Crippen LogP contribution in [0.25, 0.3) is 0 Å². The molecule has 3 nitrogen and oxygen atoms in total. The van der Waals surface area contributed by atoms with Crippen LogP contribution >= 0.6 is 0 Å². The Balaban J connectivity index is 1.55. The Hall–Kier alpha value is -2.55. The van der Waals surface area contributed by atoms with Crippen molar-refractivity contribution in [3.8, 4) is 0 Å². The lowest BCUT2D eigenvalue weighted by molar-refractivity contribution is -0.164. The Morgan fingerprint density at radius 3 is 1.45 bits per heavy atom. The maximum atomic E-state index is 13.6. The molecule has 0 bridgehead atoms. The van der Waals surface area contributed by atoms with E-state index in [1.807, 2.05) is 48.5 Å². The van der Waals surface area contributed by atoms with Gasteiger partial charge in [-0.25, -0.2) is 0 Å². The number of rotatable bonds is 10. The van der Waals surface area contributed by atoms with Crippen molar-refractivity contribution in [1.82, 2.24) is 0 Å². The topological polar surface area (TPSA) is 35.5 Å². The molecule has 0 saturated heterocycles. The molecule has 2 aromatic rings. The average Bonchev–Trinajstić information content (AvgIpc) is 2.95. The highest BCUT2D eigenvalue weighted by Gasteiger charge is 2.36. The Labute approximate surface area is 231 Å². The van der Waals surface area contributed by atoms with Crippen LogP contribution in [0.2, 0.25) is 0 Å². The summed E-state index contributed by atoms with van der Waals surface area (Å²) in [5, 5.41) is 0. The molecule has 2 aliphatic carbocycles. The third-order valence-electron chi connectivity index (χ3n) is 9.27. The van der Waals surface area contributed by atoms with Gasteiger partial charge in [-0.15, -0.1) is 0 Å². The molecule has 2 aromatic carbocycles. The van der Waals surface area contributed by atoms with Gasteiger partial charge in [0, 0.05) is 5.92 Å². The number of carbonyl (C=O) groups is 1. The minimum absolute atomic E-state index is 0.0397. The molecular weight excluding hydrogens is 468 g/mol. The first-order chi connectivity index (χ1) is 18.3. The highest BCUT2D eigenvalue weighted by atomic mass is 16.6. The molecule has 2 atom stereocenters. The van der Waals surface area contributed by atoms with E-state index >= 15 is 0 Å². The first-order valence-electron chi connectivity index (χ1n) is 15.0. The van der Waals surface area contributed by atoms with Crippen molar-refractivity contribution in [2.45, 2.75) is 91.3 Å². The summed E-state index contributed by atoms with van der Waals surface area (Å²) in [5.74, 6) is 3.92. The fourth-order valence-electron chi connectivity index (χ4n) is 6.50. The number of ether oxygens (including phenoxy) is 2. The van der Waals surface area contributed by atoms with Crippen LogP contribution in [0.15, 0.2) is 73.0 Å². The summed E-state index contributed by atoms with van der Waals surface area (Å²) in [5.41, 5.74) is 1.97. The van der Waals surface area contributed by atoms with Crippen LogP contribution in [0.3, 0.4) is 0 Å². The van der Waals surface area contributed by atoms with Gasteiger partial charge in [0.15, 0.2) is 12.2 Å². The molecule has 2 saturated carbocycles. The monoisotopic (exact) mass is 516 g/mol. The predicted octanol–water partition coefficient (Wildman–Crippen LogP) is 9.47. The molecule has 4 rings (SSSR count). The van der Waals surface area contributed by atoms with E-state index in [1.54, 1.807) is 0 Å². The second-order valence-corrected chi connectivity index (χ2v) is 12.4. The van der Waals surface area contributed by atoms with Gasteiger partial charge in [-0.1, -0.05) is 94.9 Å². The molecule has 38 heavy (non-hydrogen) atoms. The van der Waals surface area contributed by atoms with Crippen LogP contribution in [-0.4, -0.2) is 5.97 Å². The first-order valence-corrected chi connectivity index (χ1v) is 15.0. The molecule has 0 aromatic heterocycles. The summed E-state index contributed by atoms with van der Waals surface area (Å²) in [6, 6.07) is 20.3. The first kappa shape index (κ1) is 28.5. The van der Waals surface area contributed by atoms with Crippen molar-refractivity contribution in [3.05, 3.63) is 84.1 Å². The number of allylic oxidation sites excluding steroid dienone is 1. The highest BCUT2D eigenvalue weighted by molar-refractivity contribution is 5.73. The molecule has 206 valence electrons. The fourth-order valence-corrected chi connectivity index (χ4v) is 6.50. The second-order valence-electron chi connectivity index (χ2n) is 12.4. The zero-order chi connectivity index (χ0) is 27.1. The van der Waals surface area contributed by atoms with Gasteiger partial charge in [-0.05, 0) is 86.2 Å². The van der Waals surface area contributed by atoms with Crippen LogP contribution in [0.1, 0.15) is 102 Å². The van der Waals surface area contributed by atoms with E-state index in [-0.39, 0.29) is 11.9 Å². The third kappa shape index (κ3) is 7.30. The van der Waals surface area contributed by atoms with Crippen molar-refractivity contribution in [1.29, 1.82) is 0 Å². The largest absolute Gasteiger partial charge is 0.486 e. The van der Waals surface area contributed by atoms with E-state index in [0.29, 0.717) is 17.8 Å². The number of esters is 1. The zero-order valence-corrected chi connectivity index (χ0v) is 24.0. The van der Waals surface area contributed by atoms with Gasteiger partial charge in [-0.2, -0.15) is 0 Å². The molecule has 1 unspecified atom stereocenters. The molecule has 0 aliphatic heterocycles. The van der Waals surface area contributed by atoms with E-state index in [2.05, 4.69) is 46.4 Å². The molecule has 0 heterocycles. The third-order valence-corrected chi connectivity index (χ3v) is 9.27. The fraction of sp³-hybridized carbons (Fsp3) is 0.571. The molecular formula is C35H48O3. The second kappa shape index (κ2) is 13.5. The number of carbonyl (C=O) groups excluding carboxylic acids is 1. The summed E-state index contributed by atoms with van der Waals surface area (Å²) in [7, 11) is 0. The van der Waals surface area contributed by atoms with Gasteiger partial charge in [-0.3, -0.25) is 4.79 Å². The lowest BCUT2D eigenvalue weighted by Crippen LogP contribution is -2.29. The number of hydrogen-bond acceptors (Lipinski definition) is 3. The van der Waals surface area contributed by atoms with E-state index in [9.17, 15) is 4.79 Å². The SMILES string of the molecule is C=C(O[C@H](c1ccccc1)C(OC(=O)C1CCC(C(C)C)CC1)c1ccccc1)C1CCC(C(C)C)CC1. The van der Waals surface area contributed by atoms with Crippen molar-refractivity contribution >= 4 is 5.97 Å². The van der Waals surface area contributed by atoms with Crippen molar-refractivity contribution in [3.63, 3.8) is 0 Å². The van der Waals surface area contributed by atoms with Gasteiger partial charge in [0.05, 0.1) is 11.7 Å². The van der Waals surface area contributed by atoms with E-state index in [0.717, 1.165) is 67.2 Å². The normalized spacial score (nSPS) is 25.5. The van der Waals surface area contributed by atoms with E-state index < -0.39 is 12.2 Å². The summed E-state index contributed by atoms with van der Waals surface area (Å²) >= 11 is 0. The standard InChI is InChI=1S/C35H48O3/c1-24(2)27-16-20-29(21-17-27)26(5)37-33(30-12-8-6-9-13-30)34(31-14-10-7-11-15-31)38-35(36)32-22-18-28(19-23-32)25(3)4/h6-15,24-25,27-29,32-34H,5,16-23H2,1-4H3/t27?,28?,29?,32?,33-,34?/m1/s1. The Bertz CT molecular complexity index is 912. The summed E-state index contributed by atoms with van der Waals surface area (Å²) < 4.78 is 13.2.